The highest BCUT2D eigenvalue weighted by atomic mass is 16.6. The van der Waals surface area contributed by atoms with Gasteiger partial charge in [-0.25, -0.2) is 4.79 Å². The second-order valence-electron chi connectivity index (χ2n) is 6.16. The summed E-state index contributed by atoms with van der Waals surface area (Å²) in [7, 11) is 3.91. The second-order valence-corrected chi connectivity index (χ2v) is 6.16. The standard InChI is InChI=1S/C16H21N3O3/c1-18(2)13-5-3-4-12(10-13)14(20)19-8-6-16(7-9-19)11-17-15(21)22-16/h3-5,10H,6-9,11H2,1-2H3,(H,17,21). The second kappa shape index (κ2) is 5.51. The highest BCUT2D eigenvalue weighted by molar-refractivity contribution is 5.95. The van der Waals surface area contributed by atoms with Crippen molar-refractivity contribution >= 4 is 17.7 Å². The molecule has 2 aliphatic heterocycles. The number of ether oxygens (including phenoxy) is 1. The molecule has 1 aromatic carbocycles. The fourth-order valence-corrected chi connectivity index (χ4v) is 3.00. The molecular weight excluding hydrogens is 282 g/mol. The molecule has 2 aliphatic rings. The number of amides is 2. The molecule has 1 aromatic rings. The van der Waals surface area contributed by atoms with Crippen molar-refractivity contribution < 1.29 is 14.3 Å². The van der Waals surface area contributed by atoms with Crippen molar-refractivity contribution in [2.75, 3.05) is 38.6 Å². The summed E-state index contributed by atoms with van der Waals surface area (Å²) in [4.78, 5) is 27.7. The van der Waals surface area contributed by atoms with E-state index in [2.05, 4.69) is 5.32 Å². The van der Waals surface area contributed by atoms with Crippen molar-refractivity contribution in [2.45, 2.75) is 18.4 Å². The third kappa shape index (κ3) is 2.73. The number of nitrogens with one attached hydrogen (secondary N) is 1. The first-order chi connectivity index (χ1) is 10.5. The number of likely N-dealkylation sites (tertiary alicyclic amines) is 1. The van der Waals surface area contributed by atoms with Crippen LogP contribution in [0.4, 0.5) is 10.5 Å². The average Bonchev–Trinajstić information content (AvgIpc) is 2.88. The van der Waals surface area contributed by atoms with Crippen LogP contribution in [0, 0.1) is 0 Å². The highest BCUT2D eigenvalue weighted by Gasteiger charge is 2.43. The number of hydrogen-bond donors (Lipinski definition) is 1. The first kappa shape index (κ1) is 14.7. The third-order valence-corrected chi connectivity index (χ3v) is 4.44. The zero-order valence-corrected chi connectivity index (χ0v) is 13.0. The Hall–Kier alpha value is -2.24. The summed E-state index contributed by atoms with van der Waals surface area (Å²) < 4.78 is 5.38. The van der Waals surface area contributed by atoms with Crippen LogP contribution in [0.25, 0.3) is 0 Å². The fraction of sp³-hybridized carbons (Fsp3) is 0.500. The smallest absolute Gasteiger partial charge is 0.407 e. The lowest BCUT2D eigenvalue weighted by atomic mass is 9.91. The summed E-state index contributed by atoms with van der Waals surface area (Å²) in [6, 6.07) is 7.63. The highest BCUT2D eigenvalue weighted by Crippen LogP contribution is 2.30. The lowest BCUT2D eigenvalue weighted by Gasteiger charge is -2.37. The van der Waals surface area contributed by atoms with Gasteiger partial charge in [0.1, 0.15) is 5.60 Å². The maximum absolute atomic E-state index is 12.6. The Labute approximate surface area is 130 Å². The molecule has 1 N–H and O–H groups in total. The third-order valence-electron chi connectivity index (χ3n) is 4.44. The molecule has 6 heteroatoms. The van der Waals surface area contributed by atoms with E-state index in [9.17, 15) is 9.59 Å². The first-order valence-electron chi connectivity index (χ1n) is 7.53. The van der Waals surface area contributed by atoms with E-state index >= 15 is 0 Å². The van der Waals surface area contributed by atoms with Crippen molar-refractivity contribution in [1.29, 1.82) is 0 Å². The summed E-state index contributed by atoms with van der Waals surface area (Å²) in [5.74, 6) is 0.0378. The Kier molecular flexibility index (Phi) is 3.68. The van der Waals surface area contributed by atoms with Gasteiger partial charge in [-0.05, 0) is 18.2 Å². The summed E-state index contributed by atoms with van der Waals surface area (Å²) in [6.45, 7) is 1.77. The van der Waals surface area contributed by atoms with Crippen molar-refractivity contribution in [3.8, 4) is 0 Å². The number of nitrogens with zero attached hydrogens (tertiary/aromatic N) is 2. The normalized spacial score (nSPS) is 19.7. The van der Waals surface area contributed by atoms with Gasteiger partial charge in [0, 0.05) is 51.3 Å². The Morgan fingerprint density at radius 1 is 1.32 bits per heavy atom. The number of carbonyl (C=O) groups excluding carboxylic acids is 2. The molecule has 2 amide bonds. The Balaban J connectivity index is 1.67. The van der Waals surface area contributed by atoms with Crippen molar-refractivity contribution in [1.82, 2.24) is 10.2 Å². The maximum atomic E-state index is 12.6. The topological polar surface area (TPSA) is 61.9 Å². The van der Waals surface area contributed by atoms with E-state index in [0.717, 1.165) is 5.69 Å². The van der Waals surface area contributed by atoms with Gasteiger partial charge in [0.05, 0.1) is 6.54 Å². The van der Waals surface area contributed by atoms with Gasteiger partial charge in [0.15, 0.2) is 0 Å². The van der Waals surface area contributed by atoms with Gasteiger partial charge in [0.25, 0.3) is 5.91 Å². The Morgan fingerprint density at radius 3 is 2.64 bits per heavy atom. The van der Waals surface area contributed by atoms with E-state index in [1.54, 1.807) is 0 Å². The molecule has 0 atom stereocenters. The van der Waals surface area contributed by atoms with Gasteiger partial charge in [-0.15, -0.1) is 0 Å². The van der Waals surface area contributed by atoms with Gasteiger partial charge in [-0.1, -0.05) is 6.07 Å². The van der Waals surface area contributed by atoms with E-state index < -0.39 is 5.60 Å². The first-order valence-corrected chi connectivity index (χ1v) is 7.53. The predicted octanol–water partition coefficient (Wildman–Crippen LogP) is 1.47. The fourth-order valence-electron chi connectivity index (χ4n) is 3.00. The van der Waals surface area contributed by atoms with Gasteiger partial charge in [-0.2, -0.15) is 0 Å². The minimum Gasteiger partial charge on any atom is -0.441 e. The molecule has 6 nitrogen and oxygen atoms in total. The molecule has 0 aliphatic carbocycles. The van der Waals surface area contributed by atoms with E-state index in [1.165, 1.54) is 0 Å². The summed E-state index contributed by atoms with van der Waals surface area (Å²) in [6.07, 6.45) is 1.02. The lowest BCUT2D eigenvalue weighted by molar-refractivity contribution is 0.00331. The molecule has 0 radical (unpaired) electrons. The SMILES string of the molecule is CN(C)c1cccc(C(=O)N2CCC3(CC2)CNC(=O)O3)c1. The minimum atomic E-state index is -0.417. The number of rotatable bonds is 2. The van der Waals surface area contributed by atoms with Gasteiger partial charge < -0.3 is 19.9 Å². The van der Waals surface area contributed by atoms with Gasteiger partial charge in [0.2, 0.25) is 0 Å². The van der Waals surface area contributed by atoms with Crippen molar-refractivity contribution in [2.24, 2.45) is 0 Å². The minimum absolute atomic E-state index is 0.0378. The van der Waals surface area contributed by atoms with Crippen molar-refractivity contribution in [3.05, 3.63) is 29.8 Å². The van der Waals surface area contributed by atoms with E-state index in [4.69, 9.17) is 4.74 Å². The molecule has 3 rings (SSSR count). The Bertz CT molecular complexity index is 592. The van der Waals surface area contributed by atoms with Crippen LogP contribution in [0.1, 0.15) is 23.2 Å². The lowest BCUT2D eigenvalue weighted by Crippen LogP contribution is -2.48. The molecule has 22 heavy (non-hydrogen) atoms. The molecular formula is C16H21N3O3. The zero-order valence-electron chi connectivity index (χ0n) is 13.0. The number of carbonyl (C=O) groups is 2. The van der Waals surface area contributed by atoms with E-state index in [-0.39, 0.29) is 12.0 Å². The molecule has 2 fully saturated rings. The number of alkyl carbamates (subject to hydrolysis) is 1. The zero-order chi connectivity index (χ0) is 15.7. The monoisotopic (exact) mass is 303 g/mol. The number of benzene rings is 1. The molecule has 2 heterocycles. The van der Waals surface area contributed by atoms with E-state index in [0.29, 0.717) is 38.0 Å². The average molecular weight is 303 g/mol. The van der Waals surface area contributed by atoms with Crippen molar-refractivity contribution in [3.63, 3.8) is 0 Å². The number of piperidine rings is 1. The van der Waals surface area contributed by atoms with Crippen LogP contribution in [0.2, 0.25) is 0 Å². The molecule has 1 spiro atoms. The maximum Gasteiger partial charge on any atom is 0.407 e. The van der Waals surface area contributed by atoms with Crippen LogP contribution < -0.4 is 10.2 Å². The summed E-state index contributed by atoms with van der Waals surface area (Å²) in [5.41, 5.74) is 1.29. The van der Waals surface area contributed by atoms with E-state index in [1.807, 2.05) is 48.2 Å². The molecule has 0 unspecified atom stereocenters. The molecule has 0 aromatic heterocycles. The quantitative estimate of drug-likeness (QED) is 0.898. The van der Waals surface area contributed by atoms with Gasteiger partial charge >= 0.3 is 6.09 Å². The van der Waals surface area contributed by atoms with Crippen LogP contribution >= 0.6 is 0 Å². The number of hydrogen-bond acceptors (Lipinski definition) is 4. The van der Waals surface area contributed by atoms with Crippen LogP contribution in [-0.4, -0.2) is 56.2 Å². The van der Waals surface area contributed by atoms with Crippen LogP contribution in [-0.2, 0) is 4.74 Å². The predicted molar refractivity (Wildman–Crippen MR) is 83.1 cm³/mol. The molecule has 2 saturated heterocycles. The molecule has 0 bridgehead atoms. The summed E-state index contributed by atoms with van der Waals surface area (Å²) >= 11 is 0. The van der Waals surface area contributed by atoms with Gasteiger partial charge in [-0.3, -0.25) is 4.79 Å². The molecule has 118 valence electrons. The van der Waals surface area contributed by atoms with Crippen LogP contribution in [0.3, 0.4) is 0 Å². The largest absolute Gasteiger partial charge is 0.441 e. The van der Waals surface area contributed by atoms with Crippen LogP contribution in [0.5, 0.6) is 0 Å². The summed E-state index contributed by atoms with van der Waals surface area (Å²) in [5, 5.41) is 2.71. The van der Waals surface area contributed by atoms with Crippen LogP contribution in [0.15, 0.2) is 24.3 Å². The molecule has 0 saturated carbocycles. The number of anilines is 1. The Morgan fingerprint density at radius 2 is 2.05 bits per heavy atom.